The summed E-state index contributed by atoms with van der Waals surface area (Å²) >= 11 is 0. The number of hydrogen-bond acceptors (Lipinski definition) is 4. The van der Waals surface area contributed by atoms with E-state index in [9.17, 15) is 9.59 Å². The molecule has 0 aliphatic carbocycles. The third-order valence-electron chi connectivity index (χ3n) is 4.22. The van der Waals surface area contributed by atoms with E-state index < -0.39 is 12.6 Å². The number of aromatic nitrogens is 2. The van der Waals surface area contributed by atoms with Crippen LogP contribution < -0.4 is 10.1 Å². The zero-order valence-corrected chi connectivity index (χ0v) is 15.4. The first-order valence-corrected chi connectivity index (χ1v) is 8.58. The fourth-order valence-electron chi connectivity index (χ4n) is 2.97. The van der Waals surface area contributed by atoms with Gasteiger partial charge in [0.05, 0.1) is 0 Å². The number of carboxylic acids is 1. The van der Waals surface area contributed by atoms with Crippen molar-refractivity contribution in [2.75, 3.05) is 11.9 Å². The van der Waals surface area contributed by atoms with Crippen LogP contribution in [0.5, 0.6) is 5.75 Å². The van der Waals surface area contributed by atoms with Gasteiger partial charge in [0.25, 0.3) is 5.91 Å². The van der Waals surface area contributed by atoms with Crippen molar-refractivity contribution in [3.63, 3.8) is 0 Å². The Kier molecular flexibility index (Phi) is 5.12. The highest BCUT2D eigenvalue weighted by Gasteiger charge is 2.16. The normalized spacial score (nSPS) is 11.0. The minimum atomic E-state index is -1.05. The van der Waals surface area contributed by atoms with Gasteiger partial charge in [-0.25, -0.2) is 4.79 Å². The van der Waals surface area contributed by atoms with Gasteiger partial charge in [0, 0.05) is 29.2 Å². The number of aliphatic carboxylic acids is 1. The predicted octanol–water partition coefficient (Wildman–Crippen LogP) is 3.41. The van der Waals surface area contributed by atoms with E-state index in [1.807, 2.05) is 45.2 Å². The number of carbonyl (C=O) groups is 2. The Hall–Kier alpha value is -3.35. The highest BCUT2D eigenvalue weighted by atomic mass is 16.5. The molecular weight excluding hydrogens is 346 g/mol. The molecular formula is C20H21N3O4. The molecule has 0 spiro atoms. The smallest absolute Gasteiger partial charge is 0.341 e. The summed E-state index contributed by atoms with van der Waals surface area (Å²) in [6.07, 6.45) is 0. The number of rotatable bonds is 6. The first-order chi connectivity index (χ1) is 12.9. The van der Waals surface area contributed by atoms with Crippen molar-refractivity contribution in [3.8, 4) is 5.75 Å². The average Bonchev–Trinajstić information content (AvgIpc) is 3.03. The molecule has 2 aromatic carbocycles. The van der Waals surface area contributed by atoms with E-state index in [0.29, 0.717) is 17.1 Å². The van der Waals surface area contributed by atoms with Crippen molar-refractivity contribution in [1.82, 2.24) is 9.78 Å². The number of carboxylic acid groups (broad SMARTS) is 1. The van der Waals surface area contributed by atoms with E-state index >= 15 is 0 Å². The molecule has 0 aliphatic rings. The summed E-state index contributed by atoms with van der Waals surface area (Å²) in [5.74, 6) is -0.643. The second-order valence-corrected chi connectivity index (χ2v) is 6.53. The second kappa shape index (κ2) is 7.49. The van der Waals surface area contributed by atoms with Crippen molar-refractivity contribution in [2.24, 2.45) is 7.05 Å². The van der Waals surface area contributed by atoms with Crippen LogP contribution in [0.15, 0.2) is 42.5 Å². The van der Waals surface area contributed by atoms with E-state index in [4.69, 9.17) is 9.84 Å². The summed E-state index contributed by atoms with van der Waals surface area (Å²) < 4.78 is 7.05. The Balaban J connectivity index is 1.91. The number of fused-ring (bicyclic) bond motifs is 1. The van der Waals surface area contributed by atoms with Crippen LogP contribution in [-0.2, 0) is 11.8 Å². The average molecular weight is 367 g/mol. The summed E-state index contributed by atoms with van der Waals surface area (Å²) in [4.78, 5) is 23.4. The van der Waals surface area contributed by atoms with Crippen LogP contribution in [0, 0.1) is 0 Å². The number of nitrogens with zero attached hydrogens (tertiary/aromatic N) is 2. The Labute approximate surface area is 156 Å². The van der Waals surface area contributed by atoms with Crippen LogP contribution in [0.25, 0.3) is 10.8 Å². The number of hydrogen-bond donors (Lipinski definition) is 2. The lowest BCUT2D eigenvalue weighted by molar-refractivity contribution is -0.139. The largest absolute Gasteiger partial charge is 0.481 e. The van der Waals surface area contributed by atoms with Gasteiger partial charge in [-0.05, 0) is 24.1 Å². The fraction of sp³-hybridized carbons (Fsp3) is 0.250. The molecule has 3 aromatic rings. The molecule has 1 heterocycles. The van der Waals surface area contributed by atoms with Crippen molar-refractivity contribution in [3.05, 3.63) is 53.9 Å². The quantitative estimate of drug-likeness (QED) is 0.696. The minimum absolute atomic E-state index is 0.260. The molecule has 0 fully saturated rings. The fourth-order valence-corrected chi connectivity index (χ4v) is 2.97. The SMILES string of the molecule is CC(C)c1cc(C(=O)Nc2ccc(OCC(=O)O)c3ccccc23)nn1C. The third-order valence-corrected chi connectivity index (χ3v) is 4.22. The zero-order valence-electron chi connectivity index (χ0n) is 15.4. The maximum atomic E-state index is 12.6. The van der Waals surface area contributed by atoms with Gasteiger partial charge in [0.2, 0.25) is 0 Å². The molecule has 7 nitrogen and oxygen atoms in total. The molecule has 1 amide bonds. The van der Waals surface area contributed by atoms with Crippen molar-refractivity contribution in [2.45, 2.75) is 19.8 Å². The third kappa shape index (κ3) is 3.92. The van der Waals surface area contributed by atoms with Gasteiger partial charge in [-0.3, -0.25) is 9.48 Å². The van der Waals surface area contributed by atoms with E-state index in [1.165, 1.54) is 0 Å². The highest BCUT2D eigenvalue weighted by Crippen LogP contribution is 2.32. The Morgan fingerprint density at radius 2 is 1.89 bits per heavy atom. The second-order valence-electron chi connectivity index (χ2n) is 6.53. The number of nitrogens with one attached hydrogen (secondary N) is 1. The van der Waals surface area contributed by atoms with Gasteiger partial charge >= 0.3 is 5.97 Å². The van der Waals surface area contributed by atoms with Gasteiger partial charge in [0.1, 0.15) is 5.75 Å². The van der Waals surface area contributed by atoms with Crippen molar-refractivity contribution in [1.29, 1.82) is 0 Å². The molecule has 0 unspecified atom stereocenters. The maximum absolute atomic E-state index is 12.6. The molecule has 0 aliphatic heterocycles. The molecule has 0 bridgehead atoms. The van der Waals surface area contributed by atoms with Gasteiger partial charge in [-0.15, -0.1) is 0 Å². The number of aryl methyl sites for hydroxylation is 1. The number of ether oxygens (including phenoxy) is 1. The Bertz CT molecular complexity index is 1010. The van der Waals surface area contributed by atoms with Crippen molar-refractivity contribution < 1.29 is 19.4 Å². The van der Waals surface area contributed by atoms with E-state index in [2.05, 4.69) is 10.4 Å². The van der Waals surface area contributed by atoms with Gasteiger partial charge in [-0.1, -0.05) is 38.1 Å². The Morgan fingerprint density at radius 3 is 2.52 bits per heavy atom. The van der Waals surface area contributed by atoms with Crippen LogP contribution in [0.3, 0.4) is 0 Å². The highest BCUT2D eigenvalue weighted by molar-refractivity contribution is 6.09. The topological polar surface area (TPSA) is 93.4 Å². The predicted molar refractivity (Wildman–Crippen MR) is 102 cm³/mol. The molecule has 7 heteroatoms. The maximum Gasteiger partial charge on any atom is 0.341 e. The first kappa shape index (κ1) is 18.4. The number of anilines is 1. The molecule has 3 rings (SSSR count). The van der Waals surface area contributed by atoms with Crippen molar-refractivity contribution >= 4 is 28.3 Å². The number of benzene rings is 2. The molecule has 0 saturated heterocycles. The Morgan fingerprint density at radius 1 is 1.19 bits per heavy atom. The minimum Gasteiger partial charge on any atom is -0.481 e. The van der Waals surface area contributed by atoms with Crippen LogP contribution in [0.1, 0.15) is 35.9 Å². The molecule has 0 saturated carbocycles. The molecule has 0 radical (unpaired) electrons. The standard InChI is InChI=1S/C20H21N3O4/c1-12(2)17-10-16(22-23(17)3)20(26)21-15-8-9-18(27-11-19(24)25)14-7-5-4-6-13(14)15/h4-10,12H,11H2,1-3H3,(H,21,26)(H,24,25). The summed E-state index contributed by atoms with van der Waals surface area (Å²) in [5.41, 5.74) is 1.92. The van der Waals surface area contributed by atoms with Crippen LogP contribution in [0.4, 0.5) is 5.69 Å². The van der Waals surface area contributed by atoms with E-state index in [1.54, 1.807) is 22.9 Å². The molecule has 1 aromatic heterocycles. The summed E-state index contributed by atoms with van der Waals surface area (Å²) in [6, 6.07) is 12.5. The van der Waals surface area contributed by atoms with Gasteiger partial charge < -0.3 is 15.2 Å². The number of carbonyl (C=O) groups excluding carboxylic acids is 1. The van der Waals surface area contributed by atoms with E-state index in [-0.39, 0.29) is 11.8 Å². The lowest BCUT2D eigenvalue weighted by atomic mass is 10.1. The molecule has 0 atom stereocenters. The summed E-state index contributed by atoms with van der Waals surface area (Å²) in [6.45, 7) is 3.66. The monoisotopic (exact) mass is 367 g/mol. The number of amides is 1. The first-order valence-electron chi connectivity index (χ1n) is 8.58. The molecule has 140 valence electrons. The molecule has 27 heavy (non-hydrogen) atoms. The van der Waals surface area contributed by atoms with Gasteiger partial charge in [-0.2, -0.15) is 5.10 Å². The lowest BCUT2D eigenvalue weighted by Crippen LogP contribution is -2.14. The summed E-state index contributed by atoms with van der Waals surface area (Å²) in [5, 5.41) is 17.5. The van der Waals surface area contributed by atoms with Crippen LogP contribution in [-0.4, -0.2) is 33.4 Å². The van der Waals surface area contributed by atoms with Crippen LogP contribution in [0.2, 0.25) is 0 Å². The lowest BCUT2D eigenvalue weighted by Gasteiger charge is -2.12. The van der Waals surface area contributed by atoms with Gasteiger partial charge in [0.15, 0.2) is 12.3 Å². The molecule has 2 N–H and O–H groups in total. The zero-order chi connectivity index (χ0) is 19.6. The van der Waals surface area contributed by atoms with Crippen LogP contribution >= 0.6 is 0 Å². The summed E-state index contributed by atoms with van der Waals surface area (Å²) in [7, 11) is 1.82. The van der Waals surface area contributed by atoms with E-state index in [0.717, 1.165) is 16.5 Å².